The molecule has 0 spiro atoms. The topological polar surface area (TPSA) is 8.17 Å². The third-order valence-corrected chi connectivity index (χ3v) is 13.0. The molecule has 1 heterocycles. The molecular formula is C57H42N2S. The number of hydrogen-bond donors (Lipinski definition) is 1. The van der Waals surface area contributed by atoms with Gasteiger partial charge in [-0.15, -0.1) is 12.6 Å². The van der Waals surface area contributed by atoms with Crippen molar-refractivity contribution in [3.63, 3.8) is 0 Å². The highest BCUT2D eigenvalue weighted by Gasteiger charge is 2.35. The molecule has 286 valence electrons. The molecule has 10 aromatic rings. The van der Waals surface area contributed by atoms with Gasteiger partial charge in [-0.05, 0) is 122 Å². The molecule has 0 amide bonds. The van der Waals surface area contributed by atoms with Crippen molar-refractivity contribution in [1.29, 1.82) is 0 Å². The summed E-state index contributed by atoms with van der Waals surface area (Å²) in [4.78, 5) is 3.38. The molecule has 0 unspecified atom stereocenters. The number of benzene rings is 9. The van der Waals surface area contributed by atoms with Crippen LogP contribution in [0.15, 0.2) is 217 Å². The molecule has 60 heavy (non-hydrogen) atoms. The summed E-state index contributed by atoms with van der Waals surface area (Å²) in [5.41, 5.74) is 19.1. The van der Waals surface area contributed by atoms with Gasteiger partial charge in [-0.1, -0.05) is 159 Å². The summed E-state index contributed by atoms with van der Waals surface area (Å²) >= 11 is 5.26. The van der Waals surface area contributed by atoms with Crippen molar-refractivity contribution in [2.45, 2.75) is 24.2 Å². The van der Waals surface area contributed by atoms with Gasteiger partial charge in [0.2, 0.25) is 0 Å². The summed E-state index contributed by atoms with van der Waals surface area (Å²) in [6.45, 7) is 4.70. The van der Waals surface area contributed by atoms with E-state index < -0.39 is 0 Å². The molecule has 3 heteroatoms. The van der Waals surface area contributed by atoms with Gasteiger partial charge in [-0.25, -0.2) is 0 Å². The first-order valence-corrected chi connectivity index (χ1v) is 21.1. The number of para-hydroxylation sites is 1. The lowest BCUT2D eigenvalue weighted by Crippen LogP contribution is -2.16. The Morgan fingerprint density at radius 1 is 0.400 bits per heavy atom. The van der Waals surface area contributed by atoms with Crippen LogP contribution in [-0.4, -0.2) is 4.57 Å². The van der Waals surface area contributed by atoms with Gasteiger partial charge in [-0.3, -0.25) is 0 Å². The van der Waals surface area contributed by atoms with Gasteiger partial charge < -0.3 is 9.47 Å². The van der Waals surface area contributed by atoms with E-state index in [1.165, 1.54) is 38.8 Å². The number of rotatable bonds is 7. The van der Waals surface area contributed by atoms with E-state index >= 15 is 0 Å². The Hall–Kier alpha value is -7.07. The van der Waals surface area contributed by atoms with E-state index in [9.17, 15) is 0 Å². The van der Waals surface area contributed by atoms with E-state index in [4.69, 9.17) is 12.6 Å². The molecule has 0 atom stereocenters. The first-order valence-electron chi connectivity index (χ1n) is 20.7. The molecule has 0 saturated heterocycles. The Bertz CT molecular complexity index is 3200. The summed E-state index contributed by atoms with van der Waals surface area (Å²) in [5, 5.41) is 2.34. The van der Waals surface area contributed by atoms with Crippen LogP contribution in [0.25, 0.3) is 72.0 Å². The maximum Gasteiger partial charge on any atom is 0.0552 e. The minimum absolute atomic E-state index is 0.106. The number of hydrogen-bond acceptors (Lipinski definition) is 2. The Kier molecular flexibility index (Phi) is 8.61. The summed E-state index contributed by atoms with van der Waals surface area (Å²) in [6, 6.07) is 77.0. The normalized spacial score (nSPS) is 12.7. The molecule has 0 N–H and O–H groups in total. The van der Waals surface area contributed by atoms with Crippen LogP contribution in [0.1, 0.15) is 25.0 Å². The molecule has 2 nitrogen and oxygen atoms in total. The number of aromatic nitrogens is 1. The maximum absolute atomic E-state index is 5.26. The number of anilines is 3. The van der Waals surface area contributed by atoms with Crippen LogP contribution in [0.4, 0.5) is 17.1 Å². The van der Waals surface area contributed by atoms with Crippen LogP contribution >= 0.6 is 12.6 Å². The molecule has 1 aliphatic rings. The molecule has 11 rings (SSSR count). The van der Waals surface area contributed by atoms with Gasteiger partial charge in [0.25, 0.3) is 0 Å². The smallest absolute Gasteiger partial charge is 0.0552 e. The molecule has 0 fully saturated rings. The van der Waals surface area contributed by atoms with Gasteiger partial charge in [0.1, 0.15) is 0 Å². The van der Waals surface area contributed by atoms with Gasteiger partial charge in [0.05, 0.1) is 11.0 Å². The fourth-order valence-corrected chi connectivity index (χ4v) is 9.93. The Morgan fingerprint density at radius 2 is 0.900 bits per heavy atom. The maximum atomic E-state index is 5.26. The predicted octanol–water partition coefficient (Wildman–Crippen LogP) is 15.8. The minimum atomic E-state index is -0.106. The van der Waals surface area contributed by atoms with Crippen LogP contribution in [0.5, 0.6) is 0 Å². The first kappa shape index (κ1) is 36.0. The van der Waals surface area contributed by atoms with Crippen molar-refractivity contribution < 1.29 is 0 Å². The first-order chi connectivity index (χ1) is 29.4. The lowest BCUT2D eigenvalue weighted by atomic mass is 9.82. The molecule has 1 aliphatic carbocycles. The van der Waals surface area contributed by atoms with Crippen LogP contribution in [0.3, 0.4) is 0 Å². The van der Waals surface area contributed by atoms with E-state index in [1.807, 2.05) is 0 Å². The minimum Gasteiger partial charge on any atom is -0.310 e. The second-order valence-corrected chi connectivity index (χ2v) is 16.8. The monoisotopic (exact) mass is 786 g/mol. The van der Waals surface area contributed by atoms with Gasteiger partial charge >= 0.3 is 0 Å². The van der Waals surface area contributed by atoms with E-state index in [1.54, 1.807) is 0 Å². The highest BCUT2D eigenvalue weighted by molar-refractivity contribution is 7.80. The zero-order chi connectivity index (χ0) is 40.4. The van der Waals surface area contributed by atoms with Crippen molar-refractivity contribution in [2.75, 3.05) is 4.90 Å². The highest BCUT2D eigenvalue weighted by atomic mass is 32.1. The SMILES string of the molecule is CC1(C)c2ccccc2-c2ccc(N(c3ccc(-c4ccccc4)cc3)c3ccc(-c4ccc5c(c4)c4c(S)c(-c6ccccc6)ccc4n5-c4ccccc4)cc3)cc21. The molecule has 0 bridgehead atoms. The van der Waals surface area contributed by atoms with Crippen LogP contribution in [0.2, 0.25) is 0 Å². The van der Waals surface area contributed by atoms with Crippen LogP contribution < -0.4 is 4.90 Å². The molecule has 9 aromatic carbocycles. The zero-order valence-electron chi connectivity index (χ0n) is 33.5. The average Bonchev–Trinajstić information content (AvgIpc) is 3.76. The van der Waals surface area contributed by atoms with Gasteiger partial charge in [0, 0.05) is 43.8 Å². The van der Waals surface area contributed by atoms with Gasteiger partial charge in [-0.2, -0.15) is 0 Å². The van der Waals surface area contributed by atoms with Crippen molar-refractivity contribution in [2.24, 2.45) is 0 Å². The lowest BCUT2D eigenvalue weighted by Gasteiger charge is -2.28. The van der Waals surface area contributed by atoms with E-state index in [2.05, 4.69) is 236 Å². The molecule has 0 radical (unpaired) electrons. The largest absolute Gasteiger partial charge is 0.310 e. The fraction of sp³-hybridized carbons (Fsp3) is 0.0526. The summed E-state index contributed by atoms with van der Waals surface area (Å²) < 4.78 is 2.36. The van der Waals surface area contributed by atoms with E-state index in [0.717, 1.165) is 66.3 Å². The van der Waals surface area contributed by atoms with E-state index in [-0.39, 0.29) is 5.41 Å². The number of fused-ring (bicyclic) bond motifs is 6. The van der Waals surface area contributed by atoms with Crippen molar-refractivity contribution in [3.05, 3.63) is 223 Å². The Labute approximate surface area is 357 Å². The number of thiol groups is 1. The standard InChI is InChI=1S/C57H42N2S/c1-57(2)51-21-13-12-20-48(51)49-32-31-46(37-52(49)57)58(44-27-22-39(23-28-44)38-14-6-3-7-15-38)45-29-24-40(25-30-45)42-26-34-53-50(36-42)55-54(59(53)43-18-10-5-11-19-43)35-33-47(56(55)60)41-16-8-4-9-17-41/h3-37,60H,1-2H3. The third kappa shape index (κ3) is 5.88. The van der Waals surface area contributed by atoms with Crippen molar-refractivity contribution >= 4 is 51.5 Å². The quantitative estimate of drug-likeness (QED) is 0.158. The Balaban J connectivity index is 1.03. The van der Waals surface area contributed by atoms with Crippen molar-refractivity contribution in [1.82, 2.24) is 4.57 Å². The number of nitrogens with zero attached hydrogens (tertiary/aromatic N) is 2. The molecule has 1 aromatic heterocycles. The molecule has 0 aliphatic heterocycles. The summed E-state index contributed by atoms with van der Waals surface area (Å²) in [5.74, 6) is 0. The Morgan fingerprint density at radius 3 is 1.58 bits per heavy atom. The third-order valence-electron chi connectivity index (χ3n) is 12.5. The van der Waals surface area contributed by atoms with Crippen molar-refractivity contribution in [3.8, 4) is 50.2 Å². The zero-order valence-corrected chi connectivity index (χ0v) is 34.4. The van der Waals surface area contributed by atoms with Crippen LogP contribution in [0, 0.1) is 0 Å². The van der Waals surface area contributed by atoms with Crippen LogP contribution in [-0.2, 0) is 5.41 Å². The van der Waals surface area contributed by atoms with Gasteiger partial charge in [0.15, 0.2) is 0 Å². The summed E-state index contributed by atoms with van der Waals surface area (Å²) in [6.07, 6.45) is 0. The summed E-state index contributed by atoms with van der Waals surface area (Å²) in [7, 11) is 0. The predicted molar refractivity (Wildman–Crippen MR) is 257 cm³/mol. The fourth-order valence-electron chi connectivity index (χ4n) is 9.49. The van der Waals surface area contributed by atoms with E-state index in [0.29, 0.717) is 0 Å². The lowest BCUT2D eigenvalue weighted by molar-refractivity contribution is 0.660. The highest BCUT2D eigenvalue weighted by Crippen LogP contribution is 2.51. The second-order valence-electron chi connectivity index (χ2n) is 16.3. The average molecular weight is 787 g/mol. The molecular weight excluding hydrogens is 745 g/mol. The molecule has 0 saturated carbocycles. The second kappa shape index (κ2) is 14.3.